The topological polar surface area (TPSA) is 55.4 Å². The van der Waals surface area contributed by atoms with Gasteiger partial charge in [-0.05, 0) is 38.8 Å². The fraction of sp³-hybridized carbons (Fsp3) is 0.421. The predicted molar refractivity (Wildman–Crippen MR) is 95.3 cm³/mol. The fourth-order valence-corrected chi connectivity index (χ4v) is 3.90. The van der Waals surface area contributed by atoms with E-state index < -0.39 is 0 Å². The molecule has 1 atom stereocenters. The number of carbonyl (C=O) groups excluding carboxylic acids is 1. The van der Waals surface area contributed by atoms with Crippen LogP contribution in [0.2, 0.25) is 0 Å². The van der Waals surface area contributed by atoms with E-state index >= 15 is 0 Å². The summed E-state index contributed by atoms with van der Waals surface area (Å²) in [5, 5.41) is 0. The molecule has 130 valence electrons. The minimum Gasteiger partial charge on any atom is -0.336 e. The number of imidazole rings is 2. The molecular formula is C19H23N5O. The summed E-state index contributed by atoms with van der Waals surface area (Å²) in [7, 11) is 2.00. The average molecular weight is 337 g/mol. The van der Waals surface area contributed by atoms with E-state index in [4.69, 9.17) is 0 Å². The Morgan fingerprint density at radius 1 is 1.28 bits per heavy atom. The Morgan fingerprint density at radius 2 is 2.12 bits per heavy atom. The van der Waals surface area contributed by atoms with Gasteiger partial charge in [-0.2, -0.15) is 0 Å². The van der Waals surface area contributed by atoms with Crippen LogP contribution in [-0.2, 0) is 18.3 Å². The molecule has 0 radical (unpaired) electrons. The third-order valence-electron chi connectivity index (χ3n) is 5.05. The molecule has 4 heterocycles. The van der Waals surface area contributed by atoms with E-state index in [1.807, 2.05) is 65.4 Å². The van der Waals surface area contributed by atoms with Crippen molar-refractivity contribution in [3.63, 3.8) is 0 Å². The summed E-state index contributed by atoms with van der Waals surface area (Å²) >= 11 is 0. The summed E-state index contributed by atoms with van der Waals surface area (Å²) in [5.41, 5.74) is 3.78. The van der Waals surface area contributed by atoms with Crippen molar-refractivity contribution in [2.75, 3.05) is 6.54 Å². The summed E-state index contributed by atoms with van der Waals surface area (Å²) < 4.78 is 4.06. The van der Waals surface area contributed by atoms with Crippen molar-refractivity contribution in [3.05, 3.63) is 53.5 Å². The molecule has 1 saturated heterocycles. The van der Waals surface area contributed by atoms with Crippen molar-refractivity contribution in [1.29, 1.82) is 0 Å². The zero-order valence-corrected chi connectivity index (χ0v) is 14.9. The quantitative estimate of drug-likeness (QED) is 0.738. The SMILES string of the molecule is Cc1cn(C)c(C2CCCN2C(=O)Cc2c(C)nc3ccccn23)n1. The van der Waals surface area contributed by atoms with Gasteiger partial charge in [0.2, 0.25) is 5.91 Å². The summed E-state index contributed by atoms with van der Waals surface area (Å²) in [6.45, 7) is 4.76. The van der Waals surface area contributed by atoms with Gasteiger partial charge in [0.25, 0.3) is 0 Å². The van der Waals surface area contributed by atoms with Crippen LogP contribution in [0.3, 0.4) is 0 Å². The van der Waals surface area contributed by atoms with Gasteiger partial charge in [0, 0.05) is 26.0 Å². The van der Waals surface area contributed by atoms with Crippen LogP contribution in [0.15, 0.2) is 30.6 Å². The maximum absolute atomic E-state index is 13.1. The van der Waals surface area contributed by atoms with Crippen molar-refractivity contribution < 1.29 is 4.79 Å². The highest BCUT2D eigenvalue weighted by atomic mass is 16.2. The number of hydrogen-bond donors (Lipinski definition) is 0. The number of aromatic nitrogens is 4. The molecular weight excluding hydrogens is 314 g/mol. The fourth-order valence-electron chi connectivity index (χ4n) is 3.90. The number of hydrogen-bond acceptors (Lipinski definition) is 3. The molecule has 1 unspecified atom stereocenters. The Kier molecular flexibility index (Phi) is 3.82. The normalized spacial score (nSPS) is 17.6. The Hall–Kier alpha value is -2.63. The molecule has 0 aromatic carbocycles. The molecule has 3 aromatic rings. The molecule has 0 spiro atoms. The molecule has 1 aliphatic rings. The van der Waals surface area contributed by atoms with Crippen LogP contribution in [0.5, 0.6) is 0 Å². The van der Waals surface area contributed by atoms with Gasteiger partial charge in [0.1, 0.15) is 11.5 Å². The van der Waals surface area contributed by atoms with Crippen LogP contribution in [0, 0.1) is 13.8 Å². The lowest BCUT2D eigenvalue weighted by Gasteiger charge is -2.24. The van der Waals surface area contributed by atoms with Crippen LogP contribution < -0.4 is 0 Å². The van der Waals surface area contributed by atoms with Gasteiger partial charge in [-0.15, -0.1) is 0 Å². The number of rotatable bonds is 3. The standard InChI is InChI=1S/C19H23N5O/c1-13-12-22(3)19(20-13)15-7-6-10-24(15)18(25)11-16-14(2)21-17-8-4-5-9-23(16)17/h4-5,8-9,12,15H,6-7,10-11H2,1-3H3. The highest BCUT2D eigenvalue weighted by Gasteiger charge is 2.33. The van der Waals surface area contributed by atoms with Crippen molar-refractivity contribution >= 4 is 11.6 Å². The van der Waals surface area contributed by atoms with Crippen LogP contribution in [0.25, 0.3) is 5.65 Å². The first-order valence-electron chi connectivity index (χ1n) is 8.76. The lowest BCUT2D eigenvalue weighted by molar-refractivity contribution is -0.131. The van der Waals surface area contributed by atoms with Gasteiger partial charge in [-0.1, -0.05) is 6.07 Å². The molecule has 3 aromatic heterocycles. The van der Waals surface area contributed by atoms with Crippen molar-refractivity contribution in [3.8, 4) is 0 Å². The summed E-state index contributed by atoms with van der Waals surface area (Å²) in [5.74, 6) is 1.13. The molecule has 25 heavy (non-hydrogen) atoms. The predicted octanol–water partition coefficient (Wildman–Crippen LogP) is 2.59. The Balaban J connectivity index is 1.61. The monoisotopic (exact) mass is 337 g/mol. The van der Waals surface area contributed by atoms with Gasteiger partial charge >= 0.3 is 0 Å². The highest BCUT2D eigenvalue weighted by Crippen LogP contribution is 2.31. The van der Waals surface area contributed by atoms with E-state index in [1.165, 1.54) is 0 Å². The smallest absolute Gasteiger partial charge is 0.229 e. The third-order valence-corrected chi connectivity index (χ3v) is 5.05. The number of carbonyl (C=O) groups is 1. The van der Waals surface area contributed by atoms with Crippen LogP contribution in [0.1, 0.15) is 41.8 Å². The summed E-state index contributed by atoms with van der Waals surface area (Å²) in [6, 6.07) is 5.98. The van der Waals surface area contributed by atoms with Gasteiger partial charge < -0.3 is 13.9 Å². The van der Waals surface area contributed by atoms with E-state index in [0.717, 1.165) is 47.9 Å². The molecule has 0 bridgehead atoms. The number of fused-ring (bicyclic) bond motifs is 1. The molecule has 4 rings (SSSR count). The molecule has 0 saturated carbocycles. The largest absolute Gasteiger partial charge is 0.336 e. The zero-order valence-electron chi connectivity index (χ0n) is 14.9. The number of aryl methyl sites for hydroxylation is 3. The van der Waals surface area contributed by atoms with E-state index in [-0.39, 0.29) is 11.9 Å². The first kappa shape index (κ1) is 15.9. The van der Waals surface area contributed by atoms with Crippen LogP contribution in [-0.4, -0.2) is 36.3 Å². The number of nitrogens with zero attached hydrogens (tertiary/aromatic N) is 5. The molecule has 0 N–H and O–H groups in total. The van der Waals surface area contributed by atoms with Crippen molar-refractivity contribution in [2.45, 2.75) is 39.2 Å². The summed E-state index contributed by atoms with van der Waals surface area (Å²) in [4.78, 5) is 24.3. The van der Waals surface area contributed by atoms with Gasteiger partial charge in [0.05, 0.1) is 29.5 Å². The second-order valence-electron chi connectivity index (χ2n) is 6.85. The maximum Gasteiger partial charge on any atom is 0.229 e. The minimum atomic E-state index is 0.0747. The number of amides is 1. The summed E-state index contributed by atoms with van der Waals surface area (Å²) in [6.07, 6.45) is 6.36. The zero-order chi connectivity index (χ0) is 17.6. The third kappa shape index (κ3) is 2.71. The van der Waals surface area contributed by atoms with E-state index in [1.54, 1.807) is 0 Å². The molecule has 6 heteroatoms. The second-order valence-corrected chi connectivity index (χ2v) is 6.85. The minimum absolute atomic E-state index is 0.0747. The Morgan fingerprint density at radius 3 is 2.88 bits per heavy atom. The van der Waals surface area contributed by atoms with Crippen LogP contribution in [0.4, 0.5) is 0 Å². The number of likely N-dealkylation sites (tertiary alicyclic amines) is 1. The number of pyridine rings is 1. The highest BCUT2D eigenvalue weighted by molar-refractivity contribution is 5.79. The first-order valence-corrected chi connectivity index (χ1v) is 8.76. The van der Waals surface area contributed by atoms with Gasteiger partial charge in [0.15, 0.2) is 0 Å². The van der Waals surface area contributed by atoms with Crippen molar-refractivity contribution in [2.24, 2.45) is 7.05 Å². The molecule has 1 aliphatic heterocycles. The van der Waals surface area contributed by atoms with Crippen molar-refractivity contribution in [1.82, 2.24) is 23.8 Å². The van der Waals surface area contributed by atoms with E-state index in [9.17, 15) is 4.79 Å². The first-order chi connectivity index (χ1) is 12.0. The van der Waals surface area contributed by atoms with Crippen LogP contribution >= 0.6 is 0 Å². The lowest BCUT2D eigenvalue weighted by atomic mass is 10.2. The molecule has 6 nitrogen and oxygen atoms in total. The molecule has 1 fully saturated rings. The Labute approximate surface area is 147 Å². The maximum atomic E-state index is 13.1. The lowest BCUT2D eigenvalue weighted by Crippen LogP contribution is -2.33. The second kappa shape index (κ2) is 6.02. The van der Waals surface area contributed by atoms with Gasteiger partial charge in [-0.3, -0.25) is 4.79 Å². The average Bonchev–Trinajstić information content (AvgIpc) is 3.26. The van der Waals surface area contributed by atoms with E-state index in [2.05, 4.69) is 9.97 Å². The van der Waals surface area contributed by atoms with Gasteiger partial charge in [-0.25, -0.2) is 9.97 Å². The molecule has 0 aliphatic carbocycles. The van der Waals surface area contributed by atoms with E-state index in [0.29, 0.717) is 6.42 Å². The molecule has 1 amide bonds. The Bertz CT molecular complexity index is 939.